The second-order valence-corrected chi connectivity index (χ2v) is 5.86. The van der Waals surface area contributed by atoms with Crippen molar-refractivity contribution in [3.8, 4) is 0 Å². The maximum Gasteiger partial charge on any atom is 0.0545 e. The summed E-state index contributed by atoms with van der Waals surface area (Å²) in [7, 11) is 0. The van der Waals surface area contributed by atoms with Crippen LogP contribution in [0, 0.1) is 5.92 Å². The summed E-state index contributed by atoms with van der Waals surface area (Å²) in [6.45, 7) is 10.0. The van der Waals surface area contributed by atoms with E-state index < -0.39 is 0 Å². The molecule has 0 saturated heterocycles. The topological polar surface area (TPSA) is 12.0 Å². The van der Waals surface area contributed by atoms with E-state index in [1.54, 1.807) is 11.8 Å². The fourth-order valence-electron chi connectivity index (χ4n) is 1.43. The SMILES string of the molecule is C=CCSc1ccc(CNCC(C)C)cc1Cl. The molecule has 0 aliphatic carbocycles. The lowest BCUT2D eigenvalue weighted by Crippen LogP contribution is -2.18. The summed E-state index contributed by atoms with van der Waals surface area (Å²) in [6.07, 6.45) is 1.89. The number of thioether (sulfide) groups is 1. The van der Waals surface area contributed by atoms with Gasteiger partial charge in [-0.05, 0) is 30.2 Å². The van der Waals surface area contributed by atoms with Crippen molar-refractivity contribution in [1.29, 1.82) is 0 Å². The first kappa shape index (κ1) is 14.6. The van der Waals surface area contributed by atoms with Gasteiger partial charge in [-0.2, -0.15) is 0 Å². The molecule has 0 aromatic heterocycles. The number of nitrogens with one attached hydrogen (secondary N) is 1. The molecule has 0 heterocycles. The highest BCUT2D eigenvalue weighted by molar-refractivity contribution is 7.99. The van der Waals surface area contributed by atoms with Crippen molar-refractivity contribution in [1.82, 2.24) is 5.32 Å². The van der Waals surface area contributed by atoms with Gasteiger partial charge in [-0.1, -0.05) is 37.6 Å². The number of hydrogen-bond acceptors (Lipinski definition) is 2. The zero-order chi connectivity index (χ0) is 12.7. The molecule has 0 atom stereocenters. The summed E-state index contributed by atoms with van der Waals surface area (Å²) < 4.78 is 0. The number of rotatable bonds is 7. The molecular formula is C14H20ClNS. The summed E-state index contributed by atoms with van der Waals surface area (Å²) in [5.74, 6) is 1.57. The Balaban J connectivity index is 2.52. The number of benzene rings is 1. The van der Waals surface area contributed by atoms with E-state index in [9.17, 15) is 0 Å². The minimum absolute atomic E-state index is 0.674. The van der Waals surface area contributed by atoms with Crippen molar-refractivity contribution in [3.63, 3.8) is 0 Å². The molecule has 1 rings (SSSR count). The molecule has 0 aliphatic rings. The number of halogens is 1. The van der Waals surface area contributed by atoms with Gasteiger partial charge >= 0.3 is 0 Å². The predicted molar refractivity (Wildman–Crippen MR) is 78.9 cm³/mol. The van der Waals surface area contributed by atoms with Crippen LogP contribution in [-0.2, 0) is 6.54 Å². The normalized spacial score (nSPS) is 10.8. The highest BCUT2D eigenvalue weighted by Crippen LogP contribution is 2.27. The summed E-state index contributed by atoms with van der Waals surface area (Å²) in [5.41, 5.74) is 1.23. The Labute approximate surface area is 114 Å². The maximum atomic E-state index is 6.22. The molecule has 1 aromatic rings. The molecule has 17 heavy (non-hydrogen) atoms. The Kier molecular flexibility index (Phi) is 6.71. The van der Waals surface area contributed by atoms with Crippen LogP contribution in [0.1, 0.15) is 19.4 Å². The molecule has 3 heteroatoms. The summed E-state index contributed by atoms with van der Waals surface area (Å²) in [5, 5.41) is 4.24. The Morgan fingerprint density at radius 3 is 2.82 bits per heavy atom. The number of hydrogen-bond donors (Lipinski definition) is 1. The van der Waals surface area contributed by atoms with Gasteiger partial charge in [-0.15, -0.1) is 18.3 Å². The molecule has 0 aliphatic heterocycles. The minimum Gasteiger partial charge on any atom is -0.312 e. The van der Waals surface area contributed by atoms with E-state index in [1.165, 1.54) is 5.56 Å². The van der Waals surface area contributed by atoms with Gasteiger partial charge in [0, 0.05) is 17.2 Å². The molecule has 1 nitrogen and oxygen atoms in total. The van der Waals surface area contributed by atoms with E-state index in [1.807, 2.05) is 12.1 Å². The lowest BCUT2D eigenvalue weighted by atomic mass is 10.2. The highest BCUT2D eigenvalue weighted by Gasteiger charge is 2.02. The minimum atomic E-state index is 0.674. The third-order valence-electron chi connectivity index (χ3n) is 2.23. The molecule has 0 radical (unpaired) electrons. The van der Waals surface area contributed by atoms with Crippen LogP contribution in [0.25, 0.3) is 0 Å². The highest BCUT2D eigenvalue weighted by atomic mass is 35.5. The molecule has 0 unspecified atom stereocenters. The van der Waals surface area contributed by atoms with Crippen LogP contribution < -0.4 is 5.32 Å². The summed E-state index contributed by atoms with van der Waals surface area (Å²) >= 11 is 7.94. The lowest BCUT2D eigenvalue weighted by molar-refractivity contribution is 0.552. The zero-order valence-corrected chi connectivity index (χ0v) is 12.1. The maximum absolute atomic E-state index is 6.22. The van der Waals surface area contributed by atoms with Crippen LogP contribution in [0.5, 0.6) is 0 Å². The van der Waals surface area contributed by atoms with E-state index in [0.29, 0.717) is 5.92 Å². The summed E-state index contributed by atoms with van der Waals surface area (Å²) in [6, 6.07) is 6.26. The predicted octanol–water partition coefficient (Wildman–Crippen LogP) is 4.36. The molecule has 0 bridgehead atoms. The molecule has 0 saturated carbocycles. The van der Waals surface area contributed by atoms with E-state index in [0.717, 1.165) is 28.8 Å². The van der Waals surface area contributed by atoms with Crippen molar-refractivity contribution in [2.75, 3.05) is 12.3 Å². The summed E-state index contributed by atoms with van der Waals surface area (Å²) in [4.78, 5) is 1.12. The second kappa shape index (κ2) is 7.80. The molecule has 94 valence electrons. The first-order valence-electron chi connectivity index (χ1n) is 5.86. The molecule has 0 spiro atoms. The fourth-order valence-corrected chi connectivity index (χ4v) is 2.45. The van der Waals surface area contributed by atoms with Crippen molar-refractivity contribution in [2.45, 2.75) is 25.3 Å². The average Bonchev–Trinajstić information content (AvgIpc) is 2.27. The van der Waals surface area contributed by atoms with Gasteiger partial charge in [-0.3, -0.25) is 0 Å². The quantitative estimate of drug-likeness (QED) is 0.583. The zero-order valence-electron chi connectivity index (χ0n) is 10.5. The Hall–Kier alpha value is -0.440. The Bertz CT molecular complexity index is 363. The van der Waals surface area contributed by atoms with Crippen molar-refractivity contribution in [2.24, 2.45) is 5.92 Å². The van der Waals surface area contributed by atoms with E-state index in [2.05, 4.69) is 37.9 Å². The fraction of sp³-hybridized carbons (Fsp3) is 0.429. The van der Waals surface area contributed by atoms with Crippen molar-refractivity contribution >= 4 is 23.4 Å². The van der Waals surface area contributed by atoms with Gasteiger partial charge in [0.05, 0.1) is 5.02 Å². The van der Waals surface area contributed by atoms with Crippen LogP contribution in [0.3, 0.4) is 0 Å². The van der Waals surface area contributed by atoms with Crippen LogP contribution in [0.15, 0.2) is 35.7 Å². The van der Waals surface area contributed by atoms with Gasteiger partial charge in [0.2, 0.25) is 0 Å². The Morgan fingerprint density at radius 2 is 2.24 bits per heavy atom. The van der Waals surface area contributed by atoms with E-state index >= 15 is 0 Å². The first-order chi connectivity index (χ1) is 8.13. The lowest BCUT2D eigenvalue weighted by Gasteiger charge is -2.09. The van der Waals surface area contributed by atoms with Gasteiger partial charge in [0.1, 0.15) is 0 Å². The second-order valence-electron chi connectivity index (χ2n) is 4.39. The molecule has 1 aromatic carbocycles. The third kappa shape index (κ3) is 5.62. The van der Waals surface area contributed by atoms with E-state index in [4.69, 9.17) is 11.6 Å². The monoisotopic (exact) mass is 269 g/mol. The largest absolute Gasteiger partial charge is 0.312 e. The smallest absolute Gasteiger partial charge is 0.0545 e. The van der Waals surface area contributed by atoms with Crippen LogP contribution in [0.2, 0.25) is 5.02 Å². The van der Waals surface area contributed by atoms with Gasteiger partial charge in [0.25, 0.3) is 0 Å². The van der Waals surface area contributed by atoms with Crippen LogP contribution >= 0.6 is 23.4 Å². The average molecular weight is 270 g/mol. The van der Waals surface area contributed by atoms with Crippen molar-refractivity contribution < 1.29 is 0 Å². The Morgan fingerprint density at radius 1 is 1.47 bits per heavy atom. The van der Waals surface area contributed by atoms with Gasteiger partial charge in [-0.25, -0.2) is 0 Å². The van der Waals surface area contributed by atoms with Crippen LogP contribution in [-0.4, -0.2) is 12.3 Å². The standard InChI is InChI=1S/C14H20ClNS/c1-4-7-17-14-6-5-12(8-13(14)15)10-16-9-11(2)3/h4-6,8,11,16H,1,7,9-10H2,2-3H3. The van der Waals surface area contributed by atoms with Gasteiger partial charge in [0.15, 0.2) is 0 Å². The first-order valence-corrected chi connectivity index (χ1v) is 7.22. The van der Waals surface area contributed by atoms with Crippen LogP contribution in [0.4, 0.5) is 0 Å². The van der Waals surface area contributed by atoms with Gasteiger partial charge < -0.3 is 5.32 Å². The van der Waals surface area contributed by atoms with Crippen molar-refractivity contribution in [3.05, 3.63) is 41.4 Å². The molecule has 1 N–H and O–H groups in total. The molecule has 0 amide bonds. The van der Waals surface area contributed by atoms with E-state index in [-0.39, 0.29) is 0 Å². The molecular weight excluding hydrogens is 250 g/mol. The molecule has 0 fully saturated rings. The third-order valence-corrected chi connectivity index (χ3v) is 3.73.